The molecule has 0 bridgehead atoms. The van der Waals surface area contributed by atoms with Gasteiger partial charge in [0.25, 0.3) is 5.69 Å². The van der Waals surface area contributed by atoms with Crippen LogP contribution >= 0.6 is 35.6 Å². The number of nitrogens with zero attached hydrogens (tertiary/aromatic N) is 2. The molecule has 1 aliphatic heterocycles. The number of rotatable bonds is 8. The Kier molecular flexibility index (Phi) is 17.8. The second-order valence-corrected chi connectivity index (χ2v) is 7.62. The van der Waals surface area contributed by atoms with E-state index in [4.69, 9.17) is 38.4 Å². The number of hydrogen-bond acceptors (Lipinski definition) is 8. The molecule has 0 aliphatic carbocycles. The van der Waals surface area contributed by atoms with Gasteiger partial charge in [0, 0.05) is 68.8 Å². The van der Waals surface area contributed by atoms with Crippen LogP contribution in [0.4, 0.5) is 21.5 Å². The van der Waals surface area contributed by atoms with Gasteiger partial charge in [0.15, 0.2) is 11.6 Å². The first-order chi connectivity index (χ1) is 16.4. The fourth-order valence-corrected chi connectivity index (χ4v) is 3.11. The summed E-state index contributed by atoms with van der Waals surface area (Å²) in [5.74, 6) is 1.65. The smallest absolute Gasteiger partial charge is 0.273 e. The summed E-state index contributed by atoms with van der Waals surface area (Å²) in [7, 11) is 2.90. The Morgan fingerprint density at radius 3 is 2.20 bits per heavy atom. The molecule has 198 valence electrons. The average molecular weight is 557 g/mol. The number of methoxy groups -OCH3 is 2. The monoisotopic (exact) mass is 555 g/mol. The van der Waals surface area contributed by atoms with Crippen molar-refractivity contribution in [3.05, 3.63) is 52.3 Å². The fourth-order valence-electron chi connectivity index (χ4n) is 2.84. The summed E-state index contributed by atoms with van der Waals surface area (Å²) in [6, 6.07) is 9.06. The number of benzene rings is 2. The molecular formula is C22H33Cl3FN5O4. The SMILES string of the molecule is COc1cc(N2CCNCC2)ccc1F.COc1cc([N+](=O)[O-])ccc1N.Cl.ClCCNCCCl. The molecule has 0 saturated carbocycles. The molecule has 0 spiro atoms. The number of halogens is 4. The zero-order valence-electron chi connectivity index (χ0n) is 19.8. The molecule has 35 heavy (non-hydrogen) atoms. The van der Waals surface area contributed by atoms with Crippen LogP contribution in [0.3, 0.4) is 0 Å². The van der Waals surface area contributed by atoms with Crippen molar-refractivity contribution in [2.24, 2.45) is 0 Å². The minimum Gasteiger partial charge on any atom is -0.494 e. The number of nitrogen functional groups attached to an aromatic ring is 1. The van der Waals surface area contributed by atoms with E-state index < -0.39 is 4.92 Å². The van der Waals surface area contributed by atoms with E-state index in [1.165, 1.54) is 38.5 Å². The van der Waals surface area contributed by atoms with Gasteiger partial charge in [-0.3, -0.25) is 10.1 Å². The van der Waals surface area contributed by atoms with Crippen molar-refractivity contribution in [2.75, 3.05) is 75.9 Å². The van der Waals surface area contributed by atoms with E-state index in [1.54, 1.807) is 12.1 Å². The summed E-state index contributed by atoms with van der Waals surface area (Å²) < 4.78 is 22.9. The van der Waals surface area contributed by atoms with Gasteiger partial charge < -0.3 is 30.7 Å². The number of nitro groups is 1. The Hall–Kier alpha value is -2.24. The summed E-state index contributed by atoms with van der Waals surface area (Å²) in [6.45, 7) is 5.56. The van der Waals surface area contributed by atoms with Gasteiger partial charge in [0.05, 0.1) is 30.9 Å². The maximum Gasteiger partial charge on any atom is 0.273 e. The van der Waals surface area contributed by atoms with Crippen molar-refractivity contribution in [3.63, 3.8) is 0 Å². The fraction of sp³-hybridized carbons (Fsp3) is 0.455. The van der Waals surface area contributed by atoms with Gasteiger partial charge in [-0.2, -0.15) is 0 Å². The lowest BCUT2D eigenvalue weighted by Gasteiger charge is -2.29. The molecule has 0 atom stereocenters. The summed E-state index contributed by atoms with van der Waals surface area (Å²) in [5, 5.41) is 16.6. The minimum absolute atomic E-state index is 0. The number of ether oxygens (including phenoxy) is 2. The molecule has 4 N–H and O–H groups in total. The Bertz CT molecular complexity index is 873. The van der Waals surface area contributed by atoms with E-state index in [-0.39, 0.29) is 23.9 Å². The number of nitrogens with one attached hydrogen (secondary N) is 2. The van der Waals surface area contributed by atoms with E-state index in [2.05, 4.69) is 15.5 Å². The molecule has 0 amide bonds. The molecule has 1 fully saturated rings. The number of piperazine rings is 1. The predicted octanol–water partition coefficient (Wildman–Crippen LogP) is 3.90. The Morgan fingerprint density at radius 1 is 1.09 bits per heavy atom. The van der Waals surface area contributed by atoms with Gasteiger partial charge in [-0.05, 0) is 18.2 Å². The lowest BCUT2D eigenvalue weighted by atomic mass is 10.2. The van der Waals surface area contributed by atoms with Crippen molar-refractivity contribution >= 4 is 52.7 Å². The molecule has 1 heterocycles. The number of alkyl halides is 2. The maximum atomic E-state index is 13.2. The first-order valence-corrected chi connectivity index (χ1v) is 11.6. The highest BCUT2D eigenvalue weighted by Gasteiger charge is 2.12. The molecule has 2 aromatic rings. The highest BCUT2D eigenvalue weighted by Crippen LogP contribution is 2.26. The van der Waals surface area contributed by atoms with Crippen LogP contribution in [0.15, 0.2) is 36.4 Å². The van der Waals surface area contributed by atoms with Crippen LogP contribution in [0, 0.1) is 15.9 Å². The second kappa shape index (κ2) is 19.0. The number of hydrogen-bond donors (Lipinski definition) is 3. The van der Waals surface area contributed by atoms with E-state index >= 15 is 0 Å². The molecule has 0 aromatic heterocycles. The molecular weight excluding hydrogens is 524 g/mol. The Balaban J connectivity index is 0.000000522. The molecule has 0 radical (unpaired) electrons. The number of non-ortho nitro benzene ring substituents is 1. The number of nitrogens with two attached hydrogens (primary N) is 1. The van der Waals surface area contributed by atoms with Crippen LogP contribution in [0.25, 0.3) is 0 Å². The van der Waals surface area contributed by atoms with Crippen LogP contribution in [0.1, 0.15) is 0 Å². The first kappa shape index (κ1) is 32.8. The zero-order chi connectivity index (χ0) is 25.3. The lowest BCUT2D eigenvalue weighted by Crippen LogP contribution is -2.43. The van der Waals surface area contributed by atoms with Gasteiger partial charge in [0.2, 0.25) is 0 Å². The number of nitro benzene ring substituents is 1. The molecule has 2 aromatic carbocycles. The highest BCUT2D eigenvalue weighted by atomic mass is 35.5. The van der Waals surface area contributed by atoms with Crippen molar-refractivity contribution in [1.29, 1.82) is 0 Å². The standard InChI is InChI=1S/C11H15FN2O.C7H8N2O3.C4H9Cl2N.ClH/c1-15-11-8-9(2-3-10(11)12)14-6-4-13-5-7-14;1-12-7-4-5(9(10)11)2-3-6(7)8;5-1-3-7-4-2-6;/h2-3,8,13H,4-7H2,1H3;2-4H,8H2,1H3;7H,1-4H2;1H. The quantitative estimate of drug-likeness (QED) is 0.147. The van der Waals surface area contributed by atoms with Crippen LogP contribution in [0.2, 0.25) is 0 Å². The average Bonchev–Trinajstić information content (AvgIpc) is 2.86. The summed E-state index contributed by atoms with van der Waals surface area (Å²) in [5.41, 5.74) is 6.84. The molecule has 0 unspecified atom stereocenters. The second-order valence-electron chi connectivity index (χ2n) is 6.87. The highest BCUT2D eigenvalue weighted by molar-refractivity contribution is 6.18. The summed E-state index contributed by atoms with van der Waals surface area (Å²) >= 11 is 10.7. The number of anilines is 2. The van der Waals surface area contributed by atoms with Gasteiger partial charge in [-0.1, -0.05) is 0 Å². The zero-order valence-corrected chi connectivity index (χ0v) is 22.1. The molecule has 3 rings (SSSR count). The van der Waals surface area contributed by atoms with Crippen molar-refractivity contribution in [2.45, 2.75) is 0 Å². The third-order valence-corrected chi connectivity index (χ3v) is 4.97. The minimum atomic E-state index is -0.498. The van der Waals surface area contributed by atoms with Crippen LogP contribution < -0.4 is 30.7 Å². The maximum absolute atomic E-state index is 13.2. The van der Waals surface area contributed by atoms with Gasteiger partial charge in [0.1, 0.15) is 5.75 Å². The van der Waals surface area contributed by atoms with E-state index in [1.807, 2.05) is 0 Å². The summed E-state index contributed by atoms with van der Waals surface area (Å²) in [4.78, 5) is 12.0. The Morgan fingerprint density at radius 2 is 1.69 bits per heavy atom. The largest absolute Gasteiger partial charge is 0.494 e. The van der Waals surface area contributed by atoms with Gasteiger partial charge in [-0.15, -0.1) is 35.6 Å². The third kappa shape index (κ3) is 12.3. The first-order valence-electron chi connectivity index (χ1n) is 10.6. The van der Waals surface area contributed by atoms with Gasteiger partial charge in [-0.25, -0.2) is 4.39 Å². The lowest BCUT2D eigenvalue weighted by molar-refractivity contribution is -0.384. The van der Waals surface area contributed by atoms with E-state index in [9.17, 15) is 14.5 Å². The topological polar surface area (TPSA) is 115 Å². The van der Waals surface area contributed by atoms with Crippen LogP contribution in [0.5, 0.6) is 11.5 Å². The Labute approximate surface area is 221 Å². The van der Waals surface area contributed by atoms with Crippen molar-refractivity contribution < 1.29 is 18.8 Å². The van der Waals surface area contributed by atoms with Crippen molar-refractivity contribution in [3.8, 4) is 11.5 Å². The third-order valence-electron chi connectivity index (χ3n) is 4.59. The normalized spacial score (nSPS) is 12.2. The molecule has 1 saturated heterocycles. The van der Waals surface area contributed by atoms with E-state index in [0.29, 0.717) is 28.9 Å². The van der Waals surface area contributed by atoms with Crippen LogP contribution in [-0.4, -0.2) is 70.2 Å². The molecule has 13 heteroatoms. The van der Waals surface area contributed by atoms with E-state index in [0.717, 1.165) is 45.0 Å². The molecule has 1 aliphatic rings. The van der Waals surface area contributed by atoms with Crippen LogP contribution in [-0.2, 0) is 0 Å². The van der Waals surface area contributed by atoms with Crippen molar-refractivity contribution in [1.82, 2.24) is 10.6 Å². The predicted molar refractivity (Wildman–Crippen MR) is 144 cm³/mol. The molecule has 9 nitrogen and oxygen atoms in total. The summed E-state index contributed by atoms with van der Waals surface area (Å²) in [6.07, 6.45) is 0. The van der Waals surface area contributed by atoms with Gasteiger partial charge >= 0.3 is 0 Å².